The highest BCUT2D eigenvalue weighted by atomic mass is 79.9. The number of halogens is 1. The highest BCUT2D eigenvalue weighted by Crippen LogP contribution is 2.32. The van der Waals surface area contributed by atoms with Gasteiger partial charge >= 0.3 is 0 Å². The smallest absolute Gasteiger partial charge is 0.136 e. The molecule has 4 heteroatoms. The molecule has 1 aliphatic heterocycles. The van der Waals surface area contributed by atoms with Gasteiger partial charge in [-0.25, -0.2) is 4.98 Å². The Hall–Kier alpha value is -1.29. The summed E-state index contributed by atoms with van der Waals surface area (Å²) in [6, 6.07) is 8.89. The molecule has 1 atom stereocenters. The van der Waals surface area contributed by atoms with E-state index in [0.717, 1.165) is 23.4 Å². The van der Waals surface area contributed by atoms with Crippen LogP contribution >= 0.6 is 15.9 Å². The average Bonchev–Trinajstić information content (AvgIpc) is 2.55. The van der Waals surface area contributed by atoms with Crippen LogP contribution in [0.1, 0.15) is 25.7 Å². The fourth-order valence-corrected chi connectivity index (χ4v) is 3.72. The summed E-state index contributed by atoms with van der Waals surface area (Å²) >= 11 is 3.59. The lowest BCUT2D eigenvalue weighted by Crippen LogP contribution is -2.40. The second kappa shape index (κ2) is 6.65. The molecule has 2 heterocycles. The molecule has 0 amide bonds. The Bertz CT molecular complexity index is 615. The van der Waals surface area contributed by atoms with Crippen LogP contribution in [-0.2, 0) is 0 Å². The molecule has 1 fully saturated rings. The van der Waals surface area contributed by atoms with Gasteiger partial charge in [0.2, 0.25) is 0 Å². The molecule has 2 aromatic rings. The normalized spacial score (nSPS) is 19.0. The van der Waals surface area contributed by atoms with Gasteiger partial charge in [0, 0.05) is 29.5 Å². The Kier molecular flexibility index (Phi) is 4.63. The van der Waals surface area contributed by atoms with Crippen LogP contribution in [-0.4, -0.2) is 30.0 Å². The topological polar surface area (TPSA) is 25.4 Å². The second-order valence-electron chi connectivity index (χ2n) is 5.54. The van der Waals surface area contributed by atoms with Crippen LogP contribution in [0.2, 0.25) is 0 Å². The van der Waals surface area contributed by atoms with E-state index < -0.39 is 0 Å². The second-order valence-corrected chi connectivity index (χ2v) is 6.34. The van der Waals surface area contributed by atoms with E-state index in [-0.39, 0.29) is 0 Å². The van der Waals surface area contributed by atoms with Gasteiger partial charge in [0.15, 0.2) is 0 Å². The number of piperidine rings is 1. The Morgan fingerprint density at radius 3 is 3.05 bits per heavy atom. The van der Waals surface area contributed by atoms with Crippen molar-refractivity contribution in [1.29, 1.82) is 0 Å². The lowest BCUT2D eigenvalue weighted by Gasteiger charge is -2.37. The quantitative estimate of drug-likeness (QED) is 0.766. The van der Waals surface area contributed by atoms with Crippen LogP contribution in [0, 0.1) is 0 Å². The first-order chi connectivity index (χ1) is 10.3. The van der Waals surface area contributed by atoms with Gasteiger partial charge < -0.3 is 9.64 Å². The number of benzene rings is 1. The molecular formula is C17H21BrN2O. The Balaban J connectivity index is 2.05. The van der Waals surface area contributed by atoms with Crippen LogP contribution < -0.4 is 9.64 Å². The maximum Gasteiger partial charge on any atom is 0.136 e. The minimum absolute atomic E-state index is 0.586. The van der Waals surface area contributed by atoms with Crippen LogP contribution in [0.25, 0.3) is 10.8 Å². The average molecular weight is 349 g/mol. The van der Waals surface area contributed by atoms with Crippen molar-refractivity contribution in [3.05, 3.63) is 30.5 Å². The van der Waals surface area contributed by atoms with E-state index in [2.05, 4.69) is 39.0 Å². The number of fused-ring (bicyclic) bond motifs is 1. The van der Waals surface area contributed by atoms with Crippen molar-refractivity contribution in [3.63, 3.8) is 0 Å². The standard InChI is InChI=1S/C17H21BrN2O/c1-21-15-6-5-13-8-10-19-17(16(13)12-15)20-11-3-2-4-14(20)7-9-18/h5-6,8,10,12,14H,2-4,7,9,11H2,1H3. The van der Waals surface area contributed by atoms with Crippen LogP contribution in [0.3, 0.4) is 0 Å². The van der Waals surface area contributed by atoms with Crippen molar-refractivity contribution in [3.8, 4) is 5.75 Å². The van der Waals surface area contributed by atoms with Crippen molar-refractivity contribution < 1.29 is 4.74 Å². The van der Waals surface area contributed by atoms with Gasteiger partial charge in [0.05, 0.1) is 7.11 Å². The van der Waals surface area contributed by atoms with E-state index in [0.29, 0.717) is 6.04 Å². The minimum atomic E-state index is 0.586. The zero-order valence-electron chi connectivity index (χ0n) is 12.4. The van der Waals surface area contributed by atoms with Crippen molar-refractivity contribution >= 4 is 32.5 Å². The minimum Gasteiger partial charge on any atom is -0.497 e. The van der Waals surface area contributed by atoms with Crippen molar-refractivity contribution in [2.24, 2.45) is 0 Å². The van der Waals surface area contributed by atoms with Crippen LogP contribution in [0.4, 0.5) is 5.82 Å². The molecule has 3 rings (SSSR count). The number of rotatable bonds is 4. The Labute approximate surface area is 134 Å². The molecule has 1 saturated heterocycles. The number of alkyl halides is 1. The van der Waals surface area contributed by atoms with Crippen molar-refractivity contribution in [1.82, 2.24) is 4.98 Å². The summed E-state index contributed by atoms with van der Waals surface area (Å²) in [5.41, 5.74) is 0. The summed E-state index contributed by atoms with van der Waals surface area (Å²) in [6.07, 6.45) is 6.92. The molecule has 0 N–H and O–H groups in total. The summed E-state index contributed by atoms with van der Waals surface area (Å²) in [7, 11) is 1.71. The van der Waals surface area contributed by atoms with E-state index >= 15 is 0 Å². The Morgan fingerprint density at radius 2 is 2.24 bits per heavy atom. The molecule has 1 aromatic heterocycles. The zero-order chi connectivity index (χ0) is 14.7. The van der Waals surface area contributed by atoms with Gasteiger partial charge in [-0.1, -0.05) is 22.0 Å². The van der Waals surface area contributed by atoms with E-state index in [1.54, 1.807) is 7.11 Å². The van der Waals surface area contributed by atoms with E-state index in [4.69, 9.17) is 9.72 Å². The Morgan fingerprint density at radius 1 is 1.33 bits per heavy atom. The molecule has 3 nitrogen and oxygen atoms in total. The third-order valence-electron chi connectivity index (χ3n) is 4.29. The monoisotopic (exact) mass is 348 g/mol. The number of pyridine rings is 1. The number of hydrogen-bond donors (Lipinski definition) is 0. The SMILES string of the molecule is COc1ccc2ccnc(N3CCCCC3CCBr)c2c1. The van der Waals surface area contributed by atoms with Crippen LogP contribution in [0.15, 0.2) is 30.5 Å². The first kappa shape index (κ1) is 14.6. The molecule has 0 spiro atoms. The van der Waals surface area contributed by atoms with Crippen molar-refractivity contribution in [2.45, 2.75) is 31.7 Å². The van der Waals surface area contributed by atoms with Gasteiger partial charge in [-0.15, -0.1) is 0 Å². The van der Waals surface area contributed by atoms with Gasteiger partial charge in [0.25, 0.3) is 0 Å². The lowest BCUT2D eigenvalue weighted by molar-refractivity contribution is 0.415. The molecule has 0 saturated carbocycles. The zero-order valence-corrected chi connectivity index (χ0v) is 14.0. The van der Waals surface area contributed by atoms with Gasteiger partial charge in [-0.2, -0.15) is 0 Å². The number of methoxy groups -OCH3 is 1. The molecule has 1 unspecified atom stereocenters. The maximum atomic E-state index is 5.39. The molecule has 0 radical (unpaired) electrons. The van der Waals surface area contributed by atoms with Gasteiger partial charge in [-0.05, 0) is 49.3 Å². The predicted octanol–water partition coefficient (Wildman–Crippen LogP) is 4.39. The summed E-state index contributed by atoms with van der Waals surface area (Å²) in [5, 5.41) is 3.46. The van der Waals surface area contributed by atoms with E-state index in [1.807, 2.05) is 12.3 Å². The lowest BCUT2D eigenvalue weighted by atomic mass is 9.99. The maximum absolute atomic E-state index is 5.39. The molecule has 0 aliphatic carbocycles. The molecule has 1 aromatic carbocycles. The van der Waals surface area contributed by atoms with E-state index in [9.17, 15) is 0 Å². The number of hydrogen-bond acceptors (Lipinski definition) is 3. The van der Waals surface area contributed by atoms with Crippen LogP contribution in [0.5, 0.6) is 5.75 Å². The number of aromatic nitrogens is 1. The highest BCUT2D eigenvalue weighted by Gasteiger charge is 2.24. The first-order valence-corrected chi connectivity index (χ1v) is 8.71. The molecule has 112 valence electrons. The highest BCUT2D eigenvalue weighted by molar-refractivity contribution is 9.09. The largest absolute Gasteiger partial charge is 0.497 e. The number of anilines is 1. The summed E-state index contributed by atoms with van der Waals surface area (Å²) in [6.45, 7) is 1.10. The third kappa shape index (κ3) is 3.00. The molecule has 21 heavy (non-hydrogen) atoms. The fraction of sp³-hybridized carbons (Fsp3) is 0.471. The van der Waals surface area contributed by atoms with Crippen molar-refractivity contribution in [2.75, 3.05) is 23.9 Å². The summed E-state index contributed by atoms with van der Waals surface area (Å²) in [5.74, 6) is 2.00. The first-order valence-electron chi connectivity index (χ1n) is 7.59. The summed E-state index contributed by atoms with van der Waals surface area (Å²) < 4.78 is 5.39. The molecular weight excluding hydrogens is 328 g/mol. The van der Waals surface area contributed by atoms with E-state index in [1.165, 1.54) is 36.5 Å². The number of ether oxygens (including phenoxy) is 1. The molecule has 1 aliphatic rings. The fourth-order valence-electron chi connectivity index (χ4n) is 3.19. The summed E-state index contributed by atoms with van der Waals surface area (Å²) in [4.78, 5) is 7.19. The predicted molar refractivity (Wildman–Crippen MR) is 91.7 cm³/mol. The van der Waals surface area contributed by atoms with Gasteiger partial charge in [0.1, 0.15) is 11.6 Å². The van der Waals surface area contributed by atoms with Gasteiger partial charge in [-0.3, -0.25) is 0 Å². The molecule has 0 bridgehead atoms. The number of nitrogens with zero attached hydrogens (tertiary/aromatic N) is 2. The third-order valence-corrected chi connectivity index (χ3v) is 4.75.